The van der Waals surface area contributed by atoms with Crippen LogP contribution in [-0.4, -0.2) is 38.7 Å². The Kier molecular flexibility index (Phi) is 2.09. The lowest BCUT2D eigenvalue weighted by molar-refractivity contribution is 0.251. The summed E-state index contributed by atoms with van der Waals surface area (Å²) in [6, 6.07) is 0. The zero-order valence-corrected chi connectivity index (χ0v) is 8.82. The number of rotatable bonds is 2. The molecule has 0 radical (unpaired) electrons. The Hall–Kier alpha value is -1.16. The molecule has 0 aromatic carbocycles. The van der Waals surface area contributed by atoms with Crippen molar-refractivity contribution < 1.29 is 0 Å². The second-order valence-electron chi connectivity index (χ2n) is 4.50. The molecule has 2 saturated heterocycles. The summed E-state index contributed by atoms with van der Waals surface area (Å²) in [5.74, 6) is 0.864. The van der Waals surface area contributed by atoms with Gasteiger partial charge in [-0.3, -0.25) is 10.00 Å². The van der Waals surface area contributed by atoms with Crippen molar-refractivity contribution in [3.05, 3.63) is 18.2 Å². The molecule has 4 heteroatoms. The molecule has 0 saturated carbocycles. The number of fused-ring (bicyclic) bond motifs is 1. The van der Waals surface area contributed by atoms with Crippen molar-refractivity contribution in [1.82, 2.24) is 20.1 Å². The summed E-state index contributed by atoms with van der Waals surface area (Å²) < 4.78 is 0. The van der Waals surface area contributed by atoms with Gasteiger partial charge in [-0.25, -0.2) is 4.98 Å². The Labute approximate surface area is 89.4 Å². The highest BCUT2D eigenvalue weighted by molar-refractivity contribution is 5.42. The Bertz CT molecular complexity index is 345. The molecule has 3 heterocycles. The lowest BCUT2D eigenvalue weighted by Crippen LogP contribution is -2.35. The first-order chi connectivity index (χ1) is 7.39. The summed E-state index contributed by atoms with van der Waals surface area (Å²) in [6.45, 7) is 2.53. The van der Waals surface area contributed by atoms with Crippen molar-refractivity contribution in [2.24, 2.45) is 0 Å². The first kappa shape index (κ1) is 9.09. The van der Waals surface area contributed by atoms with Crippen LogP contribution in [0.2, 0.25) is 0 Å². The van der Waals surface area contributed by atoms with Gasteiger partial charge >= 0.3 is 0 Å². The highest BCUT2D eigenvalue weighted by Crippen LogP contribution is 2.39. The molecule has 2 fully saturated rings. The molecule has 15 heavy (non-hydrogen) atoms. The normalized spacial score (nSPS) is 25.1. The average molecular weight is 204 g/mol. The third kappa shape index (κ3) is 1.49. The van der Waals surface area contributed by atoms with E-state index < -0.39 is 0 Å². The number of nitrogens with zero attached hydrogens (tertiary/aromatic N) is 3. The lowest BCUT2D eigenvalue weighted by Gasteiger charge is -2.28. The van der Waals surface area contributed by atoms with Gasteiger partial charge in [0.15, 0.2) is 0 Å². The van der Waals surface area contributed by atoms with Gasteiger partial charge < -0.3 is 0 Å². The van der Waals surface area contributed by atoms with Crippen LogP contribution in [0.4, 0.5) is 0 Å². The van der Waals surface area contributed by atoms with Crippen LogP contribution in [0.25, 0.3) is 6.08 Å². The van der Waals surface area contributed by atoms with Crippen molar-refractivity contribution in [3.63, 3.8) is 0 Å². The number of H-pyrrole nitrogens is 1. The van der Waals surface area contributed by atoms with E-state index in [1.807, 2.05) is 0 Å². The highest BCUT2D eigenvalue weighted by atomic mass is 15.2. The minimum Gasteiger partial charge on any atom is -0.294 e. The lowest BCUT2D eigenvalue weighted by atomic mass is 9.93. The predicted molar refractivity (Wildman–Crippen MR) is 58.2 cm³/mol. The van der Waals surface area contributed by atoms with Crippen LogP contribution in [0.5, 0.6) is 0 Å². The van der Waals surface area contributed by atoms with E-state index in [1.165, 1.54) is 38.8 Å². The standard InChI is InChI=1S/C11H16N4/c1-4-11(5-2-8-15(11)7-1)6-3-10-12-9-13-14-10/h3,6,9H,1-2,4-5,7-8H2,(H,12,13,14). The van der Waals surface area contributed by atoms with Crippen LogP contribution in [0, 0.1) is 0 Å². The molecule has 0 bridgehead atoms. The van der Waals surface area contributed by atoms with E-state index in [0.717, 1.165) is 5.82 Å². The van der Waals surface area contributed by atoms with Gasteiger partial charge in [0.1, 0.15) is 12.2 Å². The number of aromatic nitrogens is 3. The van der Waals surface area contributed by atoms with Crippen LogP contribution in [-0.2, 0) is 0 Å². The second-order valence-corrected chi connectivity index (χ2v) is 4.50. The van der Waals surface area contributed by atoms with Gasteiger partial charge in [-0.1, -0.05) is 6.08 Å². The summed E-state index contributed by atoms with van der Waals surface area (Å²) in [4.78, 5) is 6.73. The first-order valence-corrected chi connectivity index (χ1v) is 5.69. The molecule has 3 rings (SSSR count). The van der Waals surface area contributed by atoms with Crippen molar-refractivity contribution in [3.8, 4) is 0 Å². The van der Waals surface area contributed by atoms with Gasteiger partial charge in [0.2, 0.25) is 0 Å². The average Bonchev–Trinajstić information content (AvgIpc) is 2.91. The van der Waals surface area contributed by atoms with Crippen molar-refractivity contribution in [2.75, 3.05) is 13.1 Å². The fraction of sp³-hybridized carbons (Fsp3) is 0.636. The number of hydrogen-bond acceptors (Lipinski definition) is 3. The molecule has 0 aliphatic carbocycles. The molecule has 0 unspecified atom stereocenters. The van der Waals surface area contributed by atoms with Gasteiger partial charge in [-0.05, 0) is 44.8 Å². The highest BCUT2D eigenvalue weighted by Gasteiger charge is 2.41. The molecule has 0 spiro atoms. The number of nitrogens with one attached hydrogen (secondary N) is 1. The molecule has 2 aliphatic heterocycles. The molecule has 0 atom stereocenters. The van der Waals surface area contributed by atoms with E-state index in [9.17, 15) is 0 Å². The van der Waals surface area contributed by atoms with E-state index in [1.54, 1.807) is 6.33 Å². The predicted octanol–water partition coefficient (Wildman–Crippen LogP) is 1.45. The summed E-state index contributed by atoms with van der Waals surface area (Å²) in [5.41, 5.74) is 0.340. The molecule has 2 aliphatic rings. The minimum absolute atomic E-state index is 0.340. The fourth-order valence-electron chi connectivity index (χ4n) is 2.95. The monoisotopic (exact) mass is 204 g/mol. The topological polar surface area (TPSA) is 44.8 Å². The molecule has 1 aromatic heterocycles. The van der Waals surface area contributed by atoms with Gasteiger partial charge in [0.25, 0.3) is 0 Å². The minimum atomic E-state index is 0.340. The van der Waals surface area contributed by atoms with Gasteiger partial charge in [0.05, 0.1) is 0 Å². The molecule has 1 aromatic rings. The van der Waals surface area contributed by atoms with Crippen LogP contribution < -0.4 is 0 Å². The smallest absolute Gasteiger partial charge is 0.147 e. The molecular formula is C11H16N4. The largest absolute Gasteiger partial charge is 0.294 e. The Balaban J connectivity index is 1.81. The van der Waals surface area contributed by atoms with Gasteiger partial charge in [-0.2, -0.15) is 5.10 Å². The maximum Gasteiger partial charge on any atom is 0.147 e. The maximum absolute atomic E-state index is 4.12. The number of aromatic amines is 1. The van der Waals surface area contributed by atoms with Crippen LogP contribution in [0.1, 0.15) is 31.5 Å². The van der Waals surface area contributed by atoms with Crippen LogP contribution in [0.15, 0.2) is 12.4 Å². The van der Waals surface area contributed by atoms with Crippen LogP contribution in [0.3, 0.4) is 0 Å². The van der Waals surface area contributed by atoms with E-state index in [-0.39, 0.29) is 0 Å². The van der Waals surface area contributed by atoms with Gasteiger partial charge in [-0.15, -0.1) is 0 Å². The Morgan fingerprint density at radius 3 is 2.80 bits per heavy atom. The second kappa shape index (κ2) is 3.45. The van der Waals surface area contributed by atoms with E-state index in [2.05, 4.69) is 32.2 Å². The molecule has 1 N–H and O–H groups in total. The third-order valence-electron chi connectivity index (χ3n) is 3.69. The fourth-order valence-corrected chi connectivity index (χ4v) is 2.95. The number of hydrogen-bond donors (Lipinski definition) is 1. The van der Waals surface area contributed by atoms with E-state index in [4.69, 9.17) is 0 Å². The Morgan fingerprint density at radius 1 is 1.33 bits per heavy atom. The summed E-state index contributed by atoms with van der Waals surface area (Å²) in [6.07, 6.45) is 11.2. The van der Waals surface area contributed by atoms with Crippen molar-refractivity contribution >= 4 is 6.08 Å². The SMILES string of the molecule is C(=CC12CCCN1CCC2)c1ncn[nH]1. The third-order valence-corrected chi connectivity index (χ3v) is 3.69. The molecular weight excluding hydrogens is 188 g/mol. The quantitative estimate of drug-likeness (QED) is 0.793. The van der Waals surface area contributed by atoms with E-state index >= 15 is 0 Å². The van der Waals surface area contributed by atoms with Crippen molar-refractivity contribution in [2.45, 2.75) is 31.2 Å². The molecule has 80 valence electrons. The van der Waals surface area contributed by atoms with Gasteiger partial charge in [0, 0.05) is 5.54 Å². The molecule has 0 amide bonds. The summed E-state index contributed by atoms with van der Waals surface area (Å²) in [5, 5.41) is 6.72. The Morgan fingerprint density at radius 2 is 2.13 bits per heavy atom. The zero-order chi connectivity index (χ0) is 10.1. The van der Waals surface area contributed by atoms with Crippen molar-refractivity contribution in [1.29, 1.82) is 0 Å². The first-order valence-electron chi connectivity index (χ1n) is 5.69. The summed E-state index contributed by atoms with van der Waals surface area (Å²) in [7, 11) is 0. The zero-order valence-electron chi connectivity index (χ0n) is 8.82. The van der Waals surface area contributed by atoms with E-state index in [0.29, 0.717) is 5.54 Å². The van der Waals surface area contributed by atoms with Crippen LogP contribution >= 0.6 is 0 Å². The molecule has 4 nitrogen and oxygen atoms in total. The summed E-state index contributed by atoms with van der Waals surface area (Å²) >= 11 is 0. The maximum atomic E-state index is 4.12.